The second-order valence-corrected chi connectivity index (χ2v) is 5.58. The fourth-order valence-corrected chi connectivity index (χ4v) is 2.81. The minimum absolute atomic E-state index is 0.0754. The largest absolute Gasteiger partial charge is 0.497 e. The van der Waals surface area contributed by atoms with Crippen LogP contribution >= 0.6 is 0 Å². The molecule has 0 N–H and O–H groups in total. The number of allylic oxidation sites excluding steroid dienone is 3. The van der Waals surface area contributed by atoms with Gasteiger partial charge in [-0.3, -0.25) is 4.79 Å². The van der Waals surface area contributed by atoms with Gasteiger partial charge in [-0.2, -0.15) is 0 Å². The lowest BCUT2D eigenvalue weighted by molar-refractivity contribution is -0.131. The fraction of sp³-hybridized carbons (Fsp3) is 0.333. The SMILES string of the molecule is COc1ccc(OCC(=O)N2C(=O)OC[C@H]2C2C=CC=CC2)cc1. The summed E-state index contributed by atoms with van der Waals surface area (Å²) >= 11 is 0. The molecule has 1 aromatic rings. The van der Waals surface area contributed by atoms with Crippen molar-refractivity contribution < 1.29 is 23.8 Å². The third kappa shape index (κ3) is 3.42. The molecule has 126 valence electrons. The van der Waals surface area contributed by atoms with Gasteiger partial charge in [-0.25, -0.2) is 9.69 Å². The zero-order valence-electron chi connectivity index (χ0n) is 13.4. The van der Waals surface area contributed by atoms with Crippen LogP contribution in [-0.4, -0.2) is 43.3 Å². The summed E-state index contributed by atoms with van der Waals surface area (Å²) < 4.78 is 15.6. The van der Waals surface area contributed by atoms with Crippen molar-refractivity contribution in [1.82, 2.24) is 4.90 Å². The molecule has 1 fully saturated rings. The highest BCUT2D eigenvalue weighted by atomic mass is 16.6. The maximum atomic E-state index is 12.4. The first-order valence-electron chi connectivity index (χ1n) is 7.78. The van der Waals surface area contributed by atoms with Crippen molar-refractivity contribution in [1.29, 1.82) is 0 Å². The van der Waals surface area contributed by atoms with Crippen LogP contribution in [0, 0.1) is 5.92 Å². The maximum Gasteiger partial charge on any atom is 0.417 e. The molecule has 24 heavy (non-hydrogen) atoms. The van der Waals surface area contributed by atoms with Crippen LogP contribution in [0.4, 0.5) is 4.79 Å². The van der Waals surface area contributed by atoms with Gasteiger partial charge in [0.1, 0.15) is 18.1 Å². The number of carbonyl (C=O) groups is 2. The van der Waals surface area contributed by atoms with Crippen molar-refractivity contribution in [2.24, 2.45) is 5.92 Å². The van der Waals surface area contributed by atoms with Gasteiger partial charge in [0.2, 0.25) is 0 Å². The predicted octanol–water partition coefficient (Wildman–Crippen LogP) is 2.55. The summed E-state index contributed by atoms with van der Waals surface area (Å²) in [7, 11) is 1.58. The monoisotopic (exact) mass is 329 g/mol. The van der Waals surface area contributed by atoms with Gasteiger partial charge in [-0.1, -0.05) is 24.3 Å². The lowest BCUT2D eigenvalue weighted by Crippen LogP contribution is -2.45. The maximum absolute atomic E-state index is 12.4. The molecule has 0 saturated carbocycles. The van der Waals surface area contributed by atoms with Crippen molar-refractivity contribution >= 4 is 12.0 Å². The molecule has 1 saturated heterocycles. The minimum Gasteiger partial charge on any atom is -0.497 e. The average molecular weight is 329 g/mol. The number of nitrogens with zero attached hydrogens (tertiary/aromatic N) is 1. The molecule has 1 unspecified atom stereocenters. The van der Waals surface area contributed by atoms with E-state index in [9.17, 15) is 9.59 Å². The normalized spacial score (nSPS) is 22.4. The molecule has 6 nitrogen and oxygen atoms in total. The molecule has 0 bridgehead atoms. The Labute approximate surface area is 140 Å². The van der Waals surface area contributed by atoms with Crippen LogP contribution in [0.2, 0.25) is 0 Å². The van der Waals surface area contributed by atoms with Crippen molar-refractivity contribution in [2.45, 2.75) is 12.5 Å². The van der Waals surface area contributed by atoms with E-state index in [2.05, 4.69) is 0 Å². The summed E-state index contributed by atoms with van der Waals surface area (Å²) in [5, 5.41) is 0. The number of hydrogen-bond donors (Lipinski definition) is 0. The van der Waals surface area contributed by atoms with Crippen LogP contribution in [-0.2, 0) is 9.53 Å². The highest BCUT2D eigenvalue weighted by molar-refractivity contribution is 5.94. The van der Waals surface area contributed by atoms with Crippen LogP contribution in [0.1, 0.15) is 6.42 Å². The minimum atomic E-state index is -0.605. The quantitative estimate of drug-likeness (QED) is 0.830. The molecule has 2 atom stereocenters. The van der Waals surface area contributed by atoms with Gasteiger partial charge in [0, 0.05) is 5.92 Å². The third-order valence-corrected chi connectivity index (χ3v) is 4.10. The van der Waals surface area contributed by atoms with Gasteiger partial charge < -0.3 is 14.2 Å². The van der Waals surface area contributed by atoms with E-state index >= 15 is 0 Å². The van der Waals surface area contributed by atoms with Crippen molar-refractivity contribution in [3.8, 4) is 11.5 Å². The topological polar surface area (TPSA) is 65.1 Å². The number of cyclic esters (lactones) is 1. The van der Waals surface area contributed by atoms with E-state index in [1.807, 2.05) is 24.3 Å². The highest BCUT2D eigenvalue weighted by Gasteiger charge is 2.41. The number of ether oxygens (including phenoxy) is 3. The number of amides is 2. The molecule has 1 aliphatic heterocycles. The number of rotatable bonds is 5. The van der Waals surface area contributed by atoms with Crippen LogP contribution in [0.25, 0.3) is 0 Å². The lowest BCUT2D eigenvalue weighted by atomic mass is 9.92. The highest BCUT2D eigenvalue weighted by Crippen LogP contribution is 2.26. The summed E-state index contributed by atoms with van der Waals surface area (Å²) in [6.07, 6.45) is 8.06. The molecule has 2 amide bonds. The molecular weight excluding hydrogens is 310 g/mol. The first-order valence-corrected chi connectivity index (χ1v) is 7.78. The lowest BCUT2D eigenvalue weighted by Gasteiger charge is -2.25. The van der Waals surface area contributed by atoms with Gasteiger partial charge in [0.25, 0.3) is 5.91 Å². The second-order valence-electron chi connectivity index (χ2n) is 5.58. The molecule has 0 radical (unpaired) electrons. The molecule has 2 aliphatic rings. The standard InChI is InChI=1S/C18H19NO5/c1-22-14-7-9-15(10-8-14)23-12-17(20)19-16(11-24-18(19)21)13-5-3-2-4-6-13/h2-5,7-10,13,16H,6,11-12H2,1H3/t13?,16-/m0/s1. The van der Waals surface area contributed by atoms with Crippen LogP contribution < -0.4 is 9.47 Å². The molecule has 3 rings (SSSR count). The van der Waals surface area contributed by atoms with Crippen molar-refractivity contribution in [3.05, 3.63) is 48.6 Å². The molecule has 0 spiro atoms. The van der Waals surface area contributed by atoms with Gasteiger partial charge in [0.05, 0.1) is 13.2 Å². The number of carbonyl (C=O) groups excluding carboxylic acids is 2. The summed E-state index contributed by atoms with van der Waals surface area (Å²) in [6, 6.07) is 6.62. The number of benzene rings is 1. The van der Waals surface area contributed by atoms with E-state index in [1.165, 1.54) is 4.90 Å². The molecule has 0 aromatic heterocycles. The Balaban J connectivity index is 1.62. The molecule has 1 aliphatic carbocycles. The van der Waals surface area contributed by atoms with E-state index in [1.54, 1.807) is 31.4 Å². The van der Waals surface area contributed by atoms with E-state index in [4.69, 9.17) is 14.2 Å². The summed E-state index contributed by atoms with van der Waals surface area (Å²) in [5.41, 5.74) is 0. The molecule has 6 heteroatoms. The van der Waals surface area contributed by atoms with Crippen LogP contribution in [0.15, 0.2) is 48.6 Å². The van der Waals surface area contributed by atoms with Crippen molar-refractivity contribution in [3.63, 3.8) is 0 Å². The van der Waals surface area contributed by atoms with Crippen molar-refractivity contribution in [2.75, 3.05) is 20.3 Å². The first-order chi connectivity index (χ1) is 11.7. The first kappa shape index (κ1) is 16.1. The summed E-state index contributed by atoms with van der Waals surface area (Å²) in [4.78, 5) is 25.5. The average Bonchev–Trinajstić information content (AvgIpc) is 3.02. The second kappa shape index (κ2) is 7.21. The van der Waals surface area contributed by atoms with Gasteiger partial charge in [-0.15, -0.1) is 0 Å². The number of imide groups is 1. The predicted molar refractivity (Wildman–Crippen MR) is 86.9 cm³/mol. The van der Waals surface area contributed by atoms with E-state index < -0.39 is 12.0 Å². The van der Waals surface area contributed by atoms with Crippen LogP contribution in [0.5, 0.6) is 11.5 Å². The Kier molecular flexibility index (Phi) is 4.84. The van der Waals surface area contributed by atoms with Crippen LogP contribution in [0.3, 0.4) is 0 Å². The van der Waals surface area contributed by atoms with E-state index in [0.29, 0.717) is 11.5 Å². The zero-order valence-corrected chi connectivity index (χ0v) is 13.4. The van der Waals surface area contributed by atoms with Gasteiger partial charge in [-0.05, 0) is 30.7 Å². The van der Waals surface area contributed by atoms with E-state index in [0.717, 1.165) is 6.42 Å². The Bertz CT molecular complexity index is 664. The molecule has 1 aromatic carbocycles. The molecule has 1 heterocycles. The number of hydrogen-bond acceptors (Lipinski definition) is 5. The summed E-state index contributed by atoms with van der Waals surface area (Å²) in [6.45, 7) is 0.000157. The van der Waals surface area contributed by atoms with Gasteiger partial charge >= 0.3 is 6.09 Å². The smallest absolute Gasteiger partial charge is 0.417 e. The third-order valence-electron chi connectivity index (χ3n) is 4.10. The van der Waals surface area contributed by atoms with Gasteiger partial charge in [0.15, 0.2) is 6.61 Å². The zero-order chi connectivity index (χ0) is 16.9. The Morgan fingerprint density at radius 1 is 1.25 bits per heavy atom. The molecular formula is C18H19NO5. The Morgan fingerprint density at radius 3 is 2.67 bits per heavy atom. The van der Waals surface area contributed by atoms with E-state index in [-0.39, 0.29) is 25.2 Å². The fourth-order valence-electron chi connectivity index (χ4n) is 2.81. The number of methoxy groups -OCH3 is 1. The Morgan fingerprint density at radius 2 is 2.00 bits per heavy atom. The summed E-state index contributed by atoms with van der Waals surface area (Å²) in [5.74, 6) is 0.912. The Hall–Kier alpha value is -2.76.